The quantitative estimate of drug-likeness (QED) is 0.737. The van der Waals surface area contributed by atoms with E-state index in [4.69, 9.17) is 0 Å². The van der Waals surface area contributed by atoms with E-state index < -0.39 is 0 Å². The van der Waals surface area contributed by atoms with Gasteiger partial charge in [-0.3, -0.25) is 9.18 Å². The highest BCUT2D eigenvalue weighted by atomic mass is 19.1. The van der Waals surface area contributed by atoms with Crippen LogP contribution in [0.2, 0.25) is 0 Å². The van der Waals surface area contributed by atoms with Gasteiger partial charge in [-0.2, -0.15) is 0 Å². The van der Waals surface area contributed by atoms with E-state index in [1.807, 2.05) is 11.8 Å². The van der Waals surface area contributed by atoms with Gasteiger partial charge in [0.05, 0.1) is 12.6 Å². The van der Waals surface area contributed by atoms with E-state index in [0.29, 0.717) is 0 Å². The Morgan fingerprint density at radius 1 is 1.47 bits per heavy atom. The van der Waals surface area contributed by atoms with Crippen molar-refractivity contribution in [3.8, 4) is 0 Å². The molecule has 86 valence electrons. The predicted octanol–water partition coefficient (Wildman–Crippen LogP) is 0.804. The summed E-state index contributed by atoms with van der Waals surface area (Å²) >= 11 is 0. The number of nitrogens with zero attached hydrogens (tertiary/aromatic N) is 1. The standard InChI is InChI=1S/C11H19FN2O/c1-11(8-12)2-4-14(5-3-11)10(15)9-6-13-7-9/h9,13H,2-8H2,1H3. The summed E-state index contributed by atoms with van der Waals surface area (Å²) in [6, 6.07) is 0. The Morgan fingerprint density at radius 2 is 2.07 bits per heavy atom. The summed E-state index contributed by atoms with van der Waals surface area (Å²) in [5.41, 5.74) is -0.186. The van der Waals surface area contributed by atoms with Crippen molar-refractivity contribution < 1.29 is 9.18 Å². The monoisotopic (exact) mass is 214 g/mol. The lowest BCUT2D eigenvalue weighted by Crippen LogP contribution is -2.54. The lowest BCUT2D eigenvalue weighted by Gasteiger charge is -2.40. The lowest BCUT2D eigenvalue weighted by molar-refractivity contribution is -0.139. The number of rotatable bonds is 2. The Morgan fingerprint density at radius 3 is 2.47 bits per heavy atom. The maximum Gasteiger partial charge on any atom is 0.228 e. The summed E-state index contributed by atoms with van der Waals surface area (Å²) in [6.45, 7) is 4.80. The summed E-state index contributed by atoms with van der Waals surface area (Å²) in [5.74, 6) is 0.439. The highest BCUT2D eigenvalue weighted by Crippen LogP contribution is 2.31. The van der Waals surface area contributed by atoms with E-state index in [1.165, 1.54) is 0 Å². The molecule has 1 amide bonds. The van der Waals surface area contributed by atoms with Crippen molar-refractivity contribution in [3.63, 3.8) is 0 Å². The molecule has 2 aliphatic rings. The van der Waals surface area contributed by atoms with Crippen molar-refractivity contribution in [2.75, 3.05) is 32.9 Å². The number of nitrogens with one attached hydrogen (secondary N) is 1. The summed E-state index contributed by atoms with van der Waals surface area (Å²) in [5, 5.41) is 3.10. The zero-order chi connectivity index (χ0) is 10.9. The highest BCUT2D eigenvalue weighted by Gasteiger charge is 2.35. The van der Waals surface area contributed by atoms with Gasteiger partial charge in [0, 0.05) is 26.2 Å². The molecule has 1 N–H and O–H groups in total. The number of amides is 1. The largest absolute Gasteiger partial charge is 0.342 e. The molecule has 0 aliphatic carbocycles. The minimum absolute atomic E-state index is 0.180. The van der Waals surface area contributed by atoms with Crippen molar-refractivity contribution in [1.29, 1.82) is 0 Å². The van der Waals surface area contributed by atoms with Gasteiger partial charge in [-0.15, -0.1) is 0 Å². The van der Waals surface area contributed by atoms with Gasteiger partial charge in [0.15, 0.2) is 0 Å². The Kier molecular flexibility index (Phi) is 2.96. The van der Waals surface area contributed by atoms with Gasteiger partial charge in [0.1, 0.15) is 0 Å². The number of halogens is 1. The van der Waals surface area contributed by atoms with Crippen LogP contribution >= 0.6 is 0 Å². The number of hydrogen-bond acceptors (Lipinski definition) is 2. The second kappa shape index (κ2) is 4.08. The third-order valence-electron chi connectivity index (χ3n) is 3.74. The van der Waals surface area contributed by atoms with Crippen LogP contribution in [0.5, 0.6) is 0 Å². The number of piperidine rings is 1. The third-order valence-corrected chi connectivity index (χ3v) is 3.74. The molecule has 0 aromatic heterocycles. The van der Waals surface area contributed by atoms with E-state index in [9.17, 15) is 9.18 Å². The summed E-state index contributed by atoms with van der Waals surface area (Å²) in [7, 11) is 0. The zero-order valence-electron chi connectivity index (χ0n) is 9.26. The Balaban J connectivity index is 1.84. The molecule has 2 saturated heterocycles. The third kappa shape index (κ3) is 2.14. The number of likely N-dealkylation sites (tertiary alicyclic amines) is 1. The molecule has 15 heavy (non-hydrogen) atoms. The molecule has 2 heterocycles. The van der Waals surface area contributed by atoms with Gasteiger partial charge in [-0.1, -0.05) is 6.92 Å². The molecule has 0 aromatic rings. The molecule has 2 aliphatic heterocycles. The van der Waals surface area contributed by atoms with Crippen LogP contribution in [-0.2, 0) is 4.79 Å². The van der Waals surface area contributed by atoms with Gasteiger partial charge >= 0.3 is 0 Å². The average Bonchev–Trinajstić information content (AvgIpc) is 2.16. The van der Waals surface area contributed by atoms with E-state index >= 15 is 0 Å². The maximum absolute atomic E-state index is 12.7. The second-order valence-electron chi connectivity index (χ2n) is 5.12. The normalized spacial score (nSPS) is 26.1. The molecule has 0 atom stereocenters. The first-order valence-corrected chi connectivity index (χ1v) is 5.70. The second-order valence-corrected chi connectivity index (χ2v) is 5.12. The minimum Gasteiger partial charge on any atom is -0.342 e. The topological polar surface area (TPSA) is 32.3 Å². The molecule has 0 spiro atoms. The smallest absolute Gasteiger partial charge is 0.228 e. The molecule has 0 saturated carbocycles. The molecule has 3 nitrogen and oxygen atoms in total. The Hall–Kier alpha value is -0.640. The summed E-state index contributed by atoms with van der Waals surface area (Å²) in [4.78, 5) is 13.8. The van der Waals surface area contributed by atoms with Crippen molar-refractivity contribution in [3.05, 3.63) is 0 Å². The molecular formula is C11H19FN2O. The first-order chi connectivity index (χ1) is 7.14. The van der Waals surface area contributed by atoms with E-state index in [0.717, 1.165) is 39.0 Å². The summed E-state index contributed by atoms with van der Waals surface area (Å²) in [6.07, 6.45) is 1.60. The van der Waals surface area contributed by atoms with Crippen molar-refractivity contribution in [1.82, 2.24) is 10.2 Å². The molecule has 4 heteroatoms. The molecule has 2 fully saturated rings. The Bertz CT molecular complexity index is 245. The molecule has 2 rings (SSSR count). The SMILES string of the molecule is CC1(CF)CCN(C(=O)C2CNC2)CC1. The molecule has 0 bridgehead atoms. The van der Waals surface area contributed by atoms with Crippen LogP contribution in [-0.4, -0.2) is 43.7 Å². The average molecular weight is 214 g/mol. The van der Waals surface area contributed by atoms with Crippen molar-refractivity contribution in [2.24, 2.45) is 11.3 Å². The van der Waals surface area contributed by atoms with E-state index in [-0.39, 0.29) is 23.9 Å². The maximum atomic E-state index is 12.7. The van der Waals surface area contributed by atoms with Crippen LogP contribution in [0, 0.1) is 11.3 Å². The highest BCUT2D eigenvalue weighted by molar-refractivity contribution is 5.80. The van der Waals surface area contributed by atoms with Crippen LogP contribution in [0.25, 0.3) is 0 Å². The van der Waals surface area contributed by atoms with Crippen molar-refractivity contribution >= 4 is 5.91 Å². The number of hydrogen-bond donors (Lipinski definition) is 1. The van der Waals surface area contributed by atoms with Crippen LogP contribution in [0.4, 0.5) is 4.39 Å². The summed E-state index contributed by atoms with van der Waals surface area (Å²) < 4.78 is 12.7. The fourth-order valence-electron chi connectivity index (χ4n) is 2.12. The van der Waals surface area contributed by atoms with Gasteiger partial charge in [-0.25, -0.2) is 0 Å². The van der Waals surface area contributed by atoms with E-state index in [2.05, 4.69) is 5.32 Å². The number of alkyl halides is 1. The minimum atomic E-state index is -0.264. The lowest BCUT2D eigenvalue weighted by atomic mass is 9.81. The van der Waals surface area contributed by atoms with Crippen molar-refractivity contribution in [2.45, 2.75) is 19.8 Å². The Labute approximate surface area is 90.0 Å². The van der Waals surface area contributed by atoms with Gasteiger partial charge < -0.3 is 10.2 Å². The molecule has 0 aromatic carbocycles. The van der Waals surface area contributed by atoms with Crippen LogP contribution in [0.15, 0.2) is 0 Å². The van der Waals surface area contributed by atoms with E-state index in [1.54, 1.807) is 0 Å². The van der Waals surface area contributed by atoms with Gasteiger partial charge in [0.25, 0.3) is 0 Å². The zero-order valence-corrected chi connectivity index (χ0v) is 9.26. The first-order valence-electron chi connectivity index (χ1n) is 5.70. The van der Waals surface area contributed by atoms with Gasteiger partial charge in [0.2, 0.25) is 5.91 Å². The fourth-order valence-corrected chi connectivity index (χ4v) is 2.12. The number of carbonyl (C=O) groups is 1. The fraction of sp³-hybridized carbons (Fsp3) is 0.909. The molecular weight excluding hydrogens is 195 g/mol. The predicted molar refractivity (Wildman–Crippen MR) is 56.3 cm³/mol. The van der Waals surface area contributed by atoms with Gasteiger partial charge in [-0.05, 0) is 18.3 Å². The van der Waals surface area contributed by atoms with Crippen LogP contribution in [0.1, 0.15) is 19.8 Å². The molecule has 0 unspecified atom stereocenters. The van der Waals surface area contributed by atoms with Crippen LogP contribution < -0.4 is 5.32 Å². The number of carbonyl (C=O) groups excluding carboxylic acids is 1. The van der Waals surface area contributed by atoms with Crippen LogP contribution in [0.3, 0.4) is 0 Å². The molecule has 0 radical (unpaired) electrons. The first kappa shape index (κ1) is 10.9.